The summed E-state index contributed by atoms with van der Waals surface area (Å²) in [4.78, 5) is 10.9. The zero-order valence-corrected chi connectivity index (χ0v) is 11.8. The highest BCUT2D eigenvalue weighted by Crippen LogP contribution is 2.15. The van der Waals surface area contributed by atoms with Crippen LogP contribution in [0.1, 0.15) is 26.7 Å². The van der Waals surface area contributed by atoms with Gasteiger partial charge in [-0.05, 0) is 25.3 Å². The van der Waals surface area contributed by atoms with Crippen LogP contribution in [-0.2, 0) is 0 Å². The topological polar surface area (TPSA) is 41.0 Å². The zero-order chi connectivity index (χ0) is 13.0. The van der Waals surface area contributed by atoms with E-state index in [-0.39, 0.29) is 0 Å². The van der Waals surface area contributed by atoms with Gasteiger partial charge in [-0.15, -0.1) is 0 Å². The van der Waals surface area contributed by atoms with E-state index in [0.717, 1.165) is 25.6 Å². The summed E-state index contributed by atoms with van der Waals surface area (Å²) in [6, 6.07) is 0.558. The van der Waals surface area contributed by atoms with Gasteiger partial charge in [0.05, 0.1) is 17.4 Å². The Hall–Kier alpha value is -0.870. The van der Waals surface area contributed by atoms with E-state index >= 15 is 0 Å². The molecule has 0 amide bonds. The Kier molecular flexibility index (Phi) is 4.78. The van der Waals surface area contributed by atoms with Crippen LogP contribution in [0.4, 0.5) is 5.95 Å². The second kappa shape index (κ2) is 6.34. The number of nitrogens with zero attached hydrogens (tertiary/aromatic N) is 3. The molecule has 1 unspecified atom stereocenters. The summed E-state index contributed by atoms with van der Waals surface area (Å²) < 4.78 is 0. The summed E-state index contributed by atoms with van der Waals surface area (Å²) in [5.41, 5.74) is 0. The maximum atomic E-state index is 5.84. The fourth-order valence-electron chi connectivity index (χ4n) is 2.33. The zero-order valence-electron chi connectivity index (χ0n) is 11.1. The Morgan fingerprint density at radius 1 is 1.44 bits per heavy atom. The average Bonchev–Trinajstić information content (AvgIpc) is 2.81. The molecule has 0 bridgehead atoms. The van der Waals surface area contributed by atoms with Crippen molar-refractivity contribution < 1.29 is 0 Å². The quantitative estimate of drug-likeness (QED) is 0.890. The molecule has 0 aliphatic carbocycles. The van der Waals surface area contributed by atoms with Crippen molar-refractivity contribution in [1.29, 1.82) is 0 Å². The molecular weight excluding hydrogens is 248 g/mol. The van der Waals surface area contributed by atoms with E-state index in [1.165, 1.54) is 12.8 Å². The maximum Gasteiger partial charge on any atom is 0.225 e. The fourth-order valence-corrected chi connectivity index (χ4v) is 2.42. The first-order valence-corrected chi connectivity index (χ1v) is 6.99. The first-order chi connectivity index (χ1) is 8.65. The molecule has 2 rings (SSSR count). The van der Waals surface area contributed by atoms with Crippen molar-refractivity contribution >= 4 is 17.5 Å². The first kappa shape index (κ1) is 13.6. The van der Waals surface area contributed by atoms with Gasteiger partial charge in [-0.25, -0.2) is 9.97 Å². The molecule has 1 aromatic heterocycles. The number of aromatic nitrogens is 2. The normalized spacial score (nSPS) is 19.4. The molecule has 1 atom stereocenters. The predicted octanol–water partition coefficient (Wildman–Crippen LogP) is 2.34. The van der Waals surface area contributed by atoms with E-state index in [4.69, 9.17) is 11.6 Å². The molecule has 4 nitrogen and oxygen atoms in total. The van der Waals surface area contributed by atoms with Crippen molar-refractivity contribution in [2.24, 2.45) is 5.92 Å². The van der Waals surface area contributed by atoms with Crippen molar-refractivity contribution in [3.05, 3.63) is 17.4 Å². The standard InChI is InChI=1S/C13H21ClN4/c1-10(2)8-18(9-12-4-3-5-15-12)13-16-6-11(14)7-17-13/h6-7,10,12,15H,3-5,8-9H2,1-2H3. The van der Waals surface area contributed by atoms with E-state index in [1.54, 1.807) is 12.4 Å². The molecule has 1 saturated heterocycles. The van der Waals surface area contributed by atoms with Gasteiger partial charge in [0.15, 0.2) is 0 Å². The van der Waals surface area contributed by atoms with Crippen LogP contribution in [-0.4, -0.2) is 35.6 Å². The second-order valence-corrected chi connectivity index (χ2v) is 5.73. The number of hydrogen-bond acceptors (Lipinski definition) is 4. The van der Waals surface area contributed by atoms with Crippen LogP contribution in [0.5, 0.6) is 0 Å². The van der Waals surface area contributed by atoms with Gasteiger partial charge in [0.1, 0.15) is 0 Å². The Bertz CT molecular complexity index is 360. The molecule has 18 heavy (non-hydrogen) atoms. The lowest BCUT2D eigenvalue weighted by Crippen LogP contribution is -2.40. The Labute approximate surface area is 114 Å². The number of anilines is 1. The molecule has 0 spiro atoms. The summed E-state index contributed by atoms with van der Waals surface area (Å²) >= 11 is 5.84. The third kappa shape index (κ3) is 3.82. The number of halogens is 1. The van der Waals surface area contributed by atoms with Crippen LogP contribution in [0.3, 0.4) is 0 Å². The molecule has 1 aliphatic heterocycles. The largest absolute Gasteiger partial charge is 0.339 e. The van der Waals surface area contributed by atoms with Crippen molar-refractivity contribution in [3.63, 3.8) is 0 Å². The lowest BCUT2D eigenvalue weighted by atomic mass is 10.1. The summed E-state index contributed by atoms with van der Waals surface area (Å²) in [6.45, 7) is 7.50. The predicted molar refractivity (Wildman–Crippen MR) is 75.1 cm³/mol. The third-order valence-corrected chi connectivity index (χ3v) is 3.27. The molecule has 2 heterocycles. The molecule has 1 fully saturated rings. The lowest BCUT2D eigenvalue weighted by Gasteiger charge is -2.27. The van der Waals surface area contributed by atoms with E-state index < -0.39 is 0 Å². The lowest BCUT2D eigenvalue weighted by molar-refractivity contribution is 0.533. The smallest absolute Gasteiger partial charge is 0.225 e. The van der Waals surface area contributed by atoms with Gasteiger partial charge in [-0.3, -0.25) is 0 Å². The van der Waals surface area contributed by atoms with Crippen molar-refractivity contribution in [2.75, 3.05) is 24.5 Å². The van der Waals surface area contributed by atoms with Crippen LogP contribution in [0.15, 0.2) is 12.4 Å². The van der Waals surface area contributed by atoms with E-state index in [1.807, 2.05) is 0 Å². The van der Waals surface area contributed by atoms with E-state index in [9.17, 15) is 0 Å². The number of nitrogens with one attached hydrogen (secondary N) is 1. The van der Waals surface area contributed by atoms with Crippen molar-refractivity contribution in [1.82, 2.24) is 15.3 Å². The highest BCUT2D eigenvalue weighted by molar-refractivity contribution is 6.30. The van der Waals surface area contributed by atoms with Crippen LogP contribution >= 0.6 is 11.6 Å². The maximum absolute atomic E-state index is 5.84. The molecule has 0 radical (unpaired) electrons. The summed E-state index contributed by atoms with van der Waals surface area (Å²) in [5, 5.41) is 4.10. The summed E-state index contributed by atoms with van der Waals surface area (Å²) in [6.07, 6.45) is 5.84. The minimum Gasteiger partial charge on any atom is -0.339 e. The first-order valence-electron chi connectivity index (χ1n) is 6.61. The van der Waals surface area contributed by atoms with Gasteiger partial charge in [-0.1, -0.05) is 25.4 Å². The van der Waals surface area contributed by atoms with Crippen LogP contribution in [0, 0.1) is 5.92 Å². The van der Waals surface area contributed by atoms with Gasteiger partial charge < -0.3 is 10.2 Å². The molecule has 0 aromatic carbocycles. The third-order valence-electron chi connectivity index (χ3n) is 3.08. The molecule has 100 valence electrons. The van der Waals surface area contributed by atoms with E-state index in [2.05, 4.69) is 34.0 Å². The van der Waals surface area contributed by atoms with Gasteiger partial charge in [-0.2, -0.15) is 0 Å². The van der Waals surface area contributed by atoms with Crippen molar-refractivity contribution in [2.45, 2.75) is 32.7 Å². The van der Waals surface area contributed by atoms with Crippen LogP contribution in [0.2, 0.25) is 5.02 Å². The fraction of sp³-hybridized carbons (Fsp3) is 0.692. The highest BCUT2D eigenvalue weighted by atomic mass is 35.5. The van der Waals surface area contributed by atoms with Gasteiger partial charge in [0.2, 0.25) is 5.95 Å². The van der Waals surface area contributed by atoms with Gasteiger partial charge >= 0.3 is 0 Å². The van der Waals surface area contributed by atoms with Gasteiger partial charge in [0.25, 0.3) is 0 Å². The molecular formula is C13H21ClN4. The van der Waals surface area contributed by atoms with Crippen LogP contribution < -0.4 is 10.2 Å². The number of hydrogen-bond donors (Lipinski definition) is 1. The molecule has 1 aliphatic rings. The monoisotopic (exact) mass is 268 g/mol. The number of rotatable bonds is 5. The Morgan fingerprint density at radius 2 is 2.17 bits per heavy atom. The molecule has 1 N–H and O–H groups in total. The molecule has 5 heteroatoms. The SMILES string of the molecule is CC(C)CN(CC1CCCN1)c1ncc(Cl)cn1. The second-order valence-electron chi connectivity index (χ2n) is 5.29. The summed E-state index contributed by atoms with van der Waals surface area (Å²) in [5.74, 6) is 1.37. The van der Waals surface area contributed by atoms with Gasteiger partial charge in [0, 0.05) is 19.1 Å². The minimum absolute atomic E-state index is 0.558. The Balaban J connectivity index is 2.05. The Morgan fingerprint density at radius 3 is 2.72 bits per heavy atom. The van der Waals surface area contributed by atoms with Crippen LogP contribution in [0.25, 0.3) is 0 Å². The average molecular weight is 269 g/mol. The van der Waals surface area contributed by atoms with E-state index in [0.29, 0.717) is 17.0 Å². The summed E-state index contributed by atoms with van der Waals surface area (Å²) in [7, 11) is 0. The van der Waals surface area contributed by atoms with Crippen molar-refractivity contribution in [3.8, 4) is 0 Å². The molecule has 0 saturated carbocycles. The minimum atomic E-state index is 0.558. The molecule has 1 aromatic rings. The highest BCUT2D eigenvalue weighted by Gasteiger charge is 2.20.